The lowest BCUT2D eigenvalue weighted by atomic mass is 9.86. The van der Waals surface area contributed by atoms with Crippen molar-refractivity contribution >= 4 is 17.2 Å². The average Bonchev–Trinajstić information content (AvgIpc) is 3.22. The maximum Gasteiger partial charge on any atom is 0.234 e. The summed E-state index contributed by atoms with van der Waals surface area (Å²) in [6, 6.07) is 10.0. The number of hydrogen-bond donors (Lipinski definition) is 2. The third kappa shape index (κ3) is 4.52. The highest BCUT2D eigenvalue weighted by Gasteiger charge is 2.27. The van der Waals surface area contributed by atoms with E-state index in [2.05, 4.69) is 42.9 Å². The lowest BCUT2D eigenvalue weighted by Crippen LogP contribution is -2.39. The van der Waals surface area contributed by atoms with E-state index in [0.29, 0.717) is 6.54 Å². The van der Waals surface area contributed by atoms with E-state index in [4.69, 9.17) is 9.47 Å². The minimum atomic E-state index is -0.0246. The van der Waals surface area contributed by atoms with Crippen molar-refractivity contribution in [2.24, 2.45) is 5.41 Å². The van der Waals surface area contributed by atoms with Crippen LogP contribution in [0.15, 0.2) is 35.7 Å². The van der Waals surface area contributed by atoms with Crippen LogP contribution in [0.4, 0.5) is 0 Å². The Balaban J connectivity index is 1.52. The van der Waals surface area contributed by atoms with Gasteiger partial charge in [-0.3, -0.25) is 4.79 Å². The van der Waals surface area contributed by atoms with E-state index in [-0.39, 0.29) is 30.7 Å². The van der Waals surface area contributed by atoms with Gasteiger partial charge in [0.2, 0.25) is 12.7 Å². The zero-order valence-electron chi connectivity index (χ0n) is 14.8. The summed E-state index contributed by atoms with van der Waals surface area (Å²) >= 11 is 1.71. The number of carbonyl (C=O) groups excluding carboxylic acids is 1. The quantitative estimate of drug-likeness (QED) is 0.828. The number of benzene rings is 1. The molecular formula is C19H24N2O3S. The van der Waals surface area contributed by atoms with Gasteiger partial charge in [-0.05, 0) is 34.6 Å². The monoisotopic (exact) mass is 360 g/mol. The Morgan fingerprint density at radius 2 is 2.04 bits per heavy atom. The molecule has 0 saturated heterocycles. The van der Waals surface area contributed by atoms with Gasteiger partial charge in [0.25, 0.3) is 0 Å². The third-order valence-electron chi connectivity index (χ3n) is 4.09. The number of ether oxygens (including phenoxy) is 2. The number of nitrogens with one attached hydrogen (secondary N) is 2. The first-order chi connectivity index (χ1) is 11.9. The van der Waals surface area contributed by atoms with Gasteiger partial charge in [0.15, 0.2) is 11.5 Å². The predicted octanol–water partition coefficient (Wildman–Crippen LogP) is 3.47. The molecule has 6 heteroatoms. The molecule has 1 amide bonds. The van der Waals surface area contributed by atoms with Crippen LogP contribution in [0.25, 0.3) is 0 Å². The van der Waals surface area contributed by atoms with Crippen LogP contribution in [0, 0.1) is 5.41 Å². The second kappa shape index (κ2) is 7.45. The highest BCUT2D eigenvalue weighted by atomic mass is 32.1. The van der Waals surface area contributed by atoms with Crippen LogP contribution >= 0.6 is 11.3 Å². The Labute approximate surface area is 152 Å². The van der Waals surface area contributed by atoms with Crippen molar-refractivity contribution in [3.63, 3.8) is 0 Å². The molecule has 0 saturated carbocycles. The van der Waals surface area contributed by atoms with Gasteiger partial charge >= 0.3 is 0 Å². The topological polar surface area (TPSA) is 59.6 Å². The minimum absolute atomic E-state index is 0.0246. The molecule has 1 aromatic heterocycles. The molecule has 2 aromatic rings. The molecule has 1 aliphatic heterocycles. The highest BCUT2D eigenvalue weighted by molar-refractivity contribution is 7.10. The van der Waals surface area contributed by atoms with Crippen molar-refractivity contribution in [2.75, 3.05) is 13.3 Å². The van der Waals surface area contributed by atoms with E-state index in [9.17, 15) is 4.79 Å². The summed E-state index contributed by atoms with van der Waals surface area (Å²) in [5.41, 5.74) is 1.02. The molecule has 0 radical (unpaired) electrons. The van der Waals surface area contributed by atoms with Crippen LogP contribution in [0.1, 0.15) is 37.3 Å². The summed E-state index contributed by atoms with van der Waals surface area (Å²) in [4.78, 5) is 13.5. The van der Waals surface area contributed by atoms with E-state index in [1.165, 1.54) is 4.88 Å². The molecule has 1 unspecified atom stereocenters. The lowest BCUT2D eigenvalue weighted by molar-refractivity contribution is -0.120. The van der Waals surface area contributed by atoms with Gasteiger partial charge in [0.1, 0.15) is 0 Å². The van der Waals surface area contributed by atoms with Gasteiger partial charge in [0.05, 0.1) is 6.54 Å². The van der Waals surface area contributed by atoms with Crippen molar-refractivity contribution in [2.45, 2.75) is 33.4 Å². The highest BCUT2D eigenvalue weighted by Crippen LogP contribution is 2.35. The number of rotatable bonds is 6. The number of fused-ring (bicyclic) bond motifs is 1. The van der Waals surface area contributed by atoms with Gasteiger partial charge < -0.3 is 20.1 Å². The summed E-state index contributed by atoms with van der Waals surface area (Å²) in [6.07, 6.45) is 0. The van der Waals surface area contributed by atoms with E-state index in [0.717, 1.165) is 17.1 Å². The second-order valence-corrected chi connectivity index (χ2v) is 8.14. The van der Waals surface area contributed by atoms with Gasteiger partial charge in [-0.1, -0.05) is 32.9 Å². The van der Waals surface area contributed by atoms with E-state index >= 15 is 0 Å². The van der Waals surface area contributed by atoms with Gasteiger partial charge in [-0.2, -0.15) is 0 Å². The van der Waals surface area contributed by atoms with Gasteiger partial charge in [-0.25, -0.2) is 0 Å². The normalized spacial score (nSPS) is 14.4. The molecule has 3 rings (SSSR count). The molecule has 134 valence electrons. The van der Waals surface area contributed by atoms with Crippen LogP contribution in [-0.4, -0.2) is 19.2 Å². The zero-order valence-corrected chi connectivity index (χ0v) is 15.6. The fraction of sp³-hybridized carbons (Fsp3) is 0.421. The maximum atomic E-state index is 12.2. The van der Waals surface area contributed by atoms with E-state index in [1.54, 1.807) is 11.3 Å². The fourth-order valence-electron chi connectivity index (χ4n) is 2.80. The summed E-state index contributed by atoms with van der Waals surface area (Å²) in [7, 11) is 0. The average molecular weight is 360 g/mol. The van der Waals surface area contributed by atoms with Crippen molar-refractivity contribution in [1.82, 2.24) is 10.6 Å². The number of amides is 1. The first-order valence-corrected chi connectivity index (χ1v) is 9.23. The standard InChI is InChI=1S/C19H24N2O3S/c1-19(2,3)18(16-5-4-8-25-16)21-11-17(22)20-10-13-6-7-14-15(9-13)24-12-23-14/h4-9,18,21H,10-12H2,1-3H3,(H,20,22). The second-order valence-electron chi connectivity index (χ2n) is 7.16. The summed E-state index contributed by atoms with van der Waals surface area (Å²) < 4.78 is 10.7. The molecule has 25 heavy (non-hydrogen) atoms. The smallest absolute Gasteiger partial charge is 0.234 e. The molecule has 0 aliphatic carbocycles. The summed E-state index contributed by atoms with van der Waals surface area (Å²) in [5.74, 6) is 1.46. The molecule has 0 fully saturated rings. The zero-order chi connectivity index (χ0) is 17.9. The SMILES string of the molecule is CC(C)(C)C(NCC(=O)NCc1ccc2c(c1)OCO2)c1cccs1. The van der Waals surface area contributed by atoms with Crippen molar-refractivity contribution in [3.05, 3.63) is 46.2 Å². The van der Waals surface area contributed by atoms with Crippen molar-refractivity contribution in [1.29, 1.82) is 0 Å². The number of thiophene rings is 1. The Morgan fingerprint density at radius 3 is 2.76 bits per heavy atom. The van der Waals surface area contributed by atoms with Crippen LogP contribution < -0.4 is 20.1 Å². The molecule has 2 heterocycles. The Hall–Kier alpha value is -2.05. The predicted molar refractivity (Wildman–Crippen MR) is 98.9 cm³/mol. The van der Waals surface area contributed by atoms with Crippen LogP contribution in [-0.2, 0) is 11.3 Å². The Morgan fingerprint density at radius 1 is 1.24 bits per heavy atom. The largest absolute Gasteiger partial charge is 0.454 e. The minimum Gasteiger partial charge on any atom is -0.454 e. The fourth-order valence-corrected chi connectivity index (χ4v) is 3.84. The Kier molecular flexibility index (Phi) is 5.30. The summed E-state index contributed by atoms with van der Waals surface area (Å²) in [5, 5.41) is 8.41. The molecule has 1 atom stereocenters. The van der Waals surface area contributed by atoms with Gasteiger partial charge in [-0.15, -0.1) is 11.3 Å². The number of hydrogen-bond acceptors (Lipinski definition) is 5. The molecule has 1 aliphatic rings. The number of carbonyl (C=O) groups is 1. The molecule has 0 spiro atoms. The van der Waals surface area contributed by atoms with E-state index < -0.39 is 0 Å². The first kappa shape index (κ1) is 17.8. The molecule has 2 N–H and O–H groups in total. The van der Waals surface area contributed by atoms with Crippen LogP contribution in [0.2, 0.25) is 0 Å². The molecule has 1 aromatic carbocycles. The summed E-state index contributed by atoms with van der Waals surface area (Å²) in [6.45, 7) is 7.53. The third-order valence-corrected chi connectivity index (χ3v) is 5.02. The van der Waals surface area contributed by atoms with Crippen molar-refractivity contribution in [3.8, 4) is 11.5 Å². The Bertz CT molecular complexity index is 723. The van der Waals surface area contributed by atoms with Crippen LogP contribution in [0.5, 0.6) is 11.5 Å². The first-order valence-electron chi connectivity index (χ1n) is 8.35. The van der Waals surface area contributed by atoms with Crippen LogP contribution in [0.3, 0.4) is 0 Å². The van der Waals surface area contributed by atoms with Crippen molar-refractivity contribution < 1.29 is 14.3 Å². The van der Waals surface area contributed by atoms with E-state index in [1.807, 2.05) is 24.3 Å². The molecule has 5 nitrogen and oxygen atoms in total. The molecule has 0 bridgehead atoms. The molecular weight excluding hydrogens is 336 g/mol. The van der Waals surface area contributed by atoms with Gasteiger partial charge in [0, 0.05) is 17.5 Å². The maximum absolute atomic E-state index is 12.2. The lowest BCUT2D eigenvalue weighted by Gasteiger charge is -2.30.